The van der Waals surface area contributed by atoms with Crippen molar-refractivity contribution in [2.24, 2.45) is 0 Å². The molecule has 0 bridgehead atoms. The normalized spacial score (nSPS) is 10.5. The number of hydrogen-bond donors (Lipinski definition) is 2. The second kappa shape index (κ2) is 4.37. The maximum Gasteiger partial charge on any atom is 0.326 e. The standard InChI is InChI=1S/C12H8N4O3/c17-9-6-8(13-12(18)14-9)11-15-10(16-19-11)7-4-2-1-3-5-7/h1-6H,(H2,13,14,17,18). The van der Waals surface area contributed by atoms with Crippen molar-refractivity contribution in [2.45, 2.75) is 0 Å². The van der Waals surface area contributed by atoms with Gasteiger partial charge in [-0.25, -0.2) is 4.79 Å². The number of H-pyrrole nitrogens is 2. The molecule has 3 aromatic rings. The Labute approximate surface area is 105 Å². The SMILES string of the molecule is O=c1cc(-c2nc(-c3ccccc3)no2)[nH]c(=O)[nH]1. The van der Waals surface area contributed by atoms with Gasteiger partial charge >= 0.3 is 5.69 Å². The molecule has 2 aromatic heterocycles. The number of hydrogen-bond acceptors (Lipinski definition) is 5. The van der Waals surface area contributed by atoms with Crippen molar-refractivity contribution in [1.29, 1.82) is 0 Å². The van der Waals surface area contributed by atoms with Crippen molar-refractivity contribution in [3.63, 3.8) is 0 Å². The molecule has 19 heavy (non-hydrogen) atoms. The van der Waals surface area contributed by atoms with Gasteiger partial charge < -0.3 is 9.51 Å². The zero-order valence-corrected chi connectivity index (χ0v) is 9.58. The molecule has 0 fully saturated rings. The summed E-state index contributed by atoms with van der Waals surface area (Å²) in [6.07, 6.45) is 0. The Bertz CT molecular complexity index is 788. The van der Waals surface area contributed by atoms with Gasteiger partial charge in [0.05, 0.1) is 0 Å². The average molecular weight is 256 g/mol. The summed E-state index contributed by atoms with van der Waals surface area (Å²) in [6, 6.07) is 10.4. The monoisotopic (exact) mass is 256 g/mol. The molecule has 0 unspecified atom stereocenters. The lowest BCUT2D eigenvalue weighted by molar-refractivity contribution is 0.430. The van der Waals surface area contributed by atoms with Crippen LogP contribution in [0.5, 0.6) is 0 Å². The van der Waals surface area contributed by atoms with Gasteiger partial charge in [0.25, 0.3) is 11.4 Å². The highest BCUT2D eigenvalue weighted by atomic mass is 16.5. The zero-order valence-electron chi connectivity index (χ0n) is 9.58. The van der Waals surface area contributed by atoms with Crippen LogP contribution in [0, 0.1) is 0 Å². The number of nitrogens with one attached hydrogen (secondary N) is 2. The third kappa shape index (κ3) is 2.21. The minimum atomic E-state index is -0.623. The number of nitrogens with zero attached hydrogens (tertiary/aromatic N) is 2. The minimum Gasteiger partial charge on any atom is -0.332 e. The van der Waals surface area contributed by atoms with Crippen LogP contribution in [0.4, 0.5) is 0 Å². The molecule has 0 saturated carbocycles. The molecule has 3 rings (SSSR count). The van der Waals surface area contributed by atoms with Gasteiger partial charge in [0, 0.05) is 11.6 Å². The minimum absolute atomic E-state index is 0.0852. The fraction of sp³-hybridized carbons (Fsp3) is 0. The molecule has 94 valence electrons. The molecule has 0 atom stereocenters. The summed E-state index contributed by atoms with van der Waals surface area (Å²) < 4.78 is 5.03. The molecule has 0 spiro atoms. The number of benzene rings is 1. The Kier molecular flexibility index (Phi) is 2.57. The van der Waals surface area contributed by atoms with Crippen LogP contribution in [-0.2, 0) is 0 Å². The number of aromatic nitrogens is 4. The average Bonchev–Trinajstić information content (AvgIpc) is 2.88. The first-order chi connectivity index (χ1) is 9.22. The van der Waals surface area contributed by atoms with Crippen molar-refractivity contribution in [3.05, 3.63) is 57.2 Å². The van der Waals surface area contributed by atoms with Gasteiger partial charge in [0.1, 0.15) is 5.69 Å². The van der Waals surface area contributed by atoms with Crippen LogP contribution in [0.2, 0.25) is 0 Å². The molecule has 2 N–H and O–H groups in total. The summed E-state index contributed by atoms with van der Waals surface area (Å²) in [5.41, 5.74) is -0.187. The summed E-state index contributed by atoms with van der Waals surface area (Å²) in [5, 5.41) is 3.80. The summed E-state index contributed by atoms with van der Waals surface area (Å²) in [5.74, 6) is 0.471. The van der Waals surface area contributed by atoms with E-state index in [4.69, 9.17) is 4.52 Å². The molecule has 2 heterocycles. The lowest BCUT2D eigenvalue weighted by atomic mass is 10.2. The van der Waals surface area contributed by atoms with Crippen LogP contribution in [0.3, 0.4) is 0 Å². The molecule has 0 aliphatic carbocycles. The van der Waals surface area contributed by atoms with Gasteiger partial charge in [-0.3, -0.25) is 9.78 Å². The highest BCUT2D eigenvalue weighted by molar-refractivity contribution is 5.57. The van der Waals surface area contributed by atoms with Crippen molar-refractivity contribution >= 4 is 0 Å². The van der Waals surface area contributed by atoms with Gasteiger partial charge in [-0.1, -0.05) is 35.5 Å². The van der Waals surface area contributed by atoms with Gasteiger partial charge in [0.15, 0.2) is 0 Å². The first-order valence-electron chi connectivity index (χ1n) is 5.45. The van der Waals surface area contributed by atoms with E-state index in [2.05, 4.69) is 20.1 Å². The number of rotatable bonds is 2. The lowest BCUT2D eigenvalue weighted by Crippen LogP contribution is -2.21. The predicted molar refractivity (Wildman–Crippen MR) is 66.4 cm³/mol. The van der Waals surface area contributed by atoms with Crippen LogP contribution in [0.25, 0.3) is 23.0 Å². The molecule has 0 aliphatic heterocycles. The second-order valence-electron chi connectivity index (χ2n) is 3.79. The largest absolute Gasteiger partial charge is 0.332 e. The molecular weight excluding hydrogens is 248 g/mol. The topological polar surface area (TPSA) is 105 Å². The lowest BCUT2D eigenvalue weighted by Gasteiger charge is -1.92. The maximum atomic E-state index is 11.2. The Balaban J connectivity index is 2.06. The molecule has 7 heteroatoms. The molecule has 0 aliphatic rings. The van der Waals surface area contributed by atoms with Crippen molar-refractivity contribution in [2.75, 3.05) is 0 Å². The summed E-state index contributed by atoms with van der Waals surface area (Å²) >= 11 is 0. The van der Waals surface area contributed by atoms with Crippen LogP contribution in [-0.4, -0.2) is 20.1 Å². The Morgan fingerprint density at radius 1 is 1.05 bits per heavy atom. The molecular formula is C12H8N4O3. The van der Waals surface area contributed by atoms with Gasteiger partial charge in [0.2, 0.25) is 5.82 Å². The van der Waals surface area contributed by atoms with E-state index in [0.717, 1.165) is 5.56 Å². The van der Waals surface area contributed by atoms with Gasteiger partial charge in [-0.2, -0.15) is 4.98 Å². The third-order valence-corrected chi connectivity index (χ3v) is 2.45. The fourth-order valence-electron chi connectivity index (χ4n) is 1.62. The maximum absolute atomic E-state index is 11.2. The summed E-state index contributed by atoms with van der Waals surface area (Å²) in [7, 11) is 0. The molecule has 7 nitrogen and oxygen atoms in total. The molecule has 0 saturated heterocycles. The summed E-state index contributed by atoms with van der Waals surface area (Å²) in [6.45, 7) is 0. The zero-order chi connectivity index (χ0) is 13.2. The summed E-state index contributed by atoms with van der Waals surface area (Å²) in [4.78, 5) is 31.0. The van der Waals surface area contributed by atoms with E-state index in [-0.39, 0.29) is 11.6 Å². The van der Waals surface area contributed by atoms with E-state index < -0.39 is 11.2 Å². The van der Waals surface area contributed by atoms with E-state index in [1.54, 1.807) is 0 Å². The van der Waals surface area contributed by atoms with Crippen molar-refractivity contribution in [1.82, 2.24) is 20.1 Å². The Morgan fingerprint density at radius 2 is 1.84 bits per heavy atom. The first kappa shape index (κ1) is 11.1. The van der Waals surface area contributed by atoms with E-state index in [1.165, 1.54) is 6.07 Å². The first-order valence-corrected chi connectivity index (χ1v) is 5.45. The molecule has 0 amide bonds. The van der Waals surface area contributed by atoms with Crippen LogP contribution in [0.1, 0.15) is 0 Å². The van der Waals surface area contributed by atoms with E-state index in [9.17, 15) is 9.59 Å². The molecule has 0 radical (unpaired) electrons. The highest BCUT2D eigenvalue weighted by Crippen LogP contribution is 2.18. The van der Waals surface area contributed by atoms with E-state index >= 15 is 0 Å². The number of aromatic amines is 2. The highest BCUT2D eigenvalue weighted by Gasteiger charge is 2.11. The second-order valence-corrected chi connectivity index (χ2v) is 3.79. The quantitative estimate of drug-likeness (QED) is 0.705. The Morgan fingerprint density at radius 3 is 2.58 bits per heavy atom. The van der Waals surface area contributed by atoms with Crippen LogP contribution < -0.4 is 11.2 Å². The van der Waals surface area contributed by atoms with E-state index in [0.29, 0.717) is 5.82 Å². The van der Waals surface area contributed by atoms with Crippen LogP contribution >= 0.6 is 0 Å². The molecule has 1 aromatic carbocycles. The fourth-order valence-corrected chi connectivity index (χ4v) is 1.62. The Hall–Kier alpha value is -2.96. The third-order valence-electron chi connectivity index (χ3n) is 2.45. The van der Waals surface area contributed by atoms with Gasteiger partial charge in [-0.05, 0) is 0 Å². The van der Waals surface area contributed by atoms with Crippen molar-refractivity contribution < 1.29 is 4.52 Å². The predicted octanol–water partition coefficient (Wildman–Crippen LogP) is 0.780. The smallest absolute Gasteiger partial charge is 0.326 e. The van der Waals surface area contributed by atoms with Crippen LogP contribution in [0.15, 0.2) is 50.5 Å². The van der Waals surface area contributed by atoms with E-state index in [1.807, 2.05) is 30.3 Å². The van der Waals surface area contributed by atoms with Crippen molar-refractivity contribution in [3.8, 4) is 23.0 Å². The van der Waals surface area contributed by atoms with Gasteiger partial charge in [-0.15, -0.1) is 0 Å².